The maximum atomic E-state index is 13.0. The molecular formula is C26H19ClN4O4. The Labute approximate surface area is 204 Å². The highest BCUT2D eigenvalue weighted by Crippen LogP contribution is 2.30. The number of aromatic nitrogens is 3. The molecule has 0 bridgehead atoms. The fraction of sp³-hybridized carbons (Fsp3) is 0.0769. The Kier molecular flexibility index (Phi) is 5.80. The number of rotatable bonds is 7. The average molecular weight is 487 g/mol. The summed E-state index contributed by atoms with van der Waals surface area (Å²) >= 11 is 6.05. The van der Waals surface area contributed by atoms with Gasteiger partial charge >= 0.3 is 0 Å². The number of nitrogens with two attached hydrogens (primary N) is 1. The van der Waals surface area contributed by atoms with Gasteiger partial charge in [-0.15, -0.1) is 5.10 Å². The number of primary amides is 1. The fourth-order valence-corrected chi connectivity index (χ4v) is 3.95. The van der Waals surface area contributed by atoms with Crippen LogP contribution in [-0.2, 0) is 0 Å². The van der Waals surface area contributed by atoms with Crippen LogP contribution in [0.5, 0.6) is 17.4 Å². The highest BCUT2D eigenvalue weighted by Gasteiger charge is 2.17. The largest absolute Gasteiger partial charge is 0.485 e. The molecule has 3 aromatic carbocycles. The van der Waals surface area contributed by atoms with Crippen molar-refractivity contribution in [3.05, 3.63) is 88.7 Å². The van der Waals surface area contributed by atoms with Gasteiger partial charge in [0.15, 0.2) is 6.61 Å². The number of H-pyrrole nitrogens is 1. The number of benzene rings is 3. The first-order chi connectivity index (χ1) is 16.9. The number of nitrogens with zero attached hydrogens (tertiary/aromatic N) is 2. The van der Waals surface area contributed by atoms with E-state index >= 15 is 0 Å². The fourth-order valence-electron chi connectivity index (χ4n) is 3.77. The van der Waals surface area contributed by atoms with Crippen molar-refractivity contribution in [2.24, 2.45) is 5.73 Å². The van der Waals surface area contributed by atoms with Gasteiger partial charge in [0.1, 0.15) is 11.5 Å². The molecule has 35 heavy (non-hydrogen) atoms. The maximum Gasteiger partial charge on any atom is 0.252 e. The smallest absolute Gasteiger partial charge is 0.252 e. The average Bonchev–Trinajstić information content (AvgIpc) is 3.27. The van der Waals surface area contributed by atoms with Gasteiger partial charge < -0.3 is 20.2 Å². The van der Waals surface area contributed by atoms with Crippen LogP contribution in [0, 0.1) is 6.92 Å². The zero-order valence-corrected chi connectivity index (χ0v) is 19.3. The minimum absolute atomic E-state index is 0.174. The number of ketones is 1. The lowest BCUT2D eigenvalue weighted by molar-refractivity contribution is 0.0914. The number of hydrogen-bond acceptors (Lipinski definition) is 6. The number of amides is 1. The third kappa shape index (κ3) is 4.51. The molecule has 0 aliphatic carbocycles. The van der Waals surface area contributed by atoms with Gasteiger partial charge in [-0.3, -0.25) is 9.59 Å². The number of carbonyl (C=O) groups excluding carboxylic acids is 2. The number of halogens is 1. The second kappa shape index (κ2) is 9.08. The minimum Gasteiger partial charge on any atom is -0.485 e. The summed E-state index contributed by atoms with van der Waals surface area (Å²) in [5, 5.41) is 10.6. The molecular weight excluding hydrogens is 468 g/mol. The van der Waals surface area contributed by atoms with E-state index in [4.69, 9.17) is 26.8 Å². The highest BCUT2D eigenvalue weighted by atomic mass is 35.5. The molecule has 8 nitrogen and oxygen atoms in total. The molecule has 0 unspecified atom stereocenters. The van der Waals surface area contributed by atoms with E-state index in [9.17, 15) is 9.59 Å². The number of carbonyl (C=O) groups is 2. The highest BCUT2D eigenvalue weighted by molar-refractivity contribution is 6.31. The van der Waals surface area contributed by atoms with Gasteiger partial charge in [0.2, 0.25) is 11.7 Å². The van der Waals surface area contributed by atoms with Crippen LogP contribution in [0.1, 0.15) is 26.3 Å². The summed E-state index contributed by atoms with van der Waals surface area (Å²) < 4.78 is 11.6. The Balaban J connectivity index is 1.37. The molecule has 0 fully saturated rings. The third-order valence-corrected chi connectivity index (χ3v) is 5.81. The lowest BCUT2D eigenvalue weighted by atomic mass is 10.1. The molecule has 9 heteroatoms. The summed E-state index contributed by atoms with van der Waals surface area (Å²) in [6.07, 6.45) is 3.21. The van der Waals surface area contributed by atoms with Crippen molar-refractivity contribution >= 4 is 45.0 Å². The maximum absolute atomic E-state index is 13.0. The normalized spacial score (nSPS) is 11.0. The van der Waals surface area contributed by atoms with Gasteiger partial charge in [0.05, 0.1) is 11.8 Å². The SMILES string of the molecule is Cc1ccnnc1Oc1ccc2c(C(=O)COc3cc4ccc(Cl)cc4cc3C(N)=O)c[nH]c2c1. The van der Waals surface area contributed by atoms with Crippen LogP contribution < -0.4 is 15.2 Å². The van der Waals surface area contributed by atoms with Crippen molar-refractivity contribution in [3.63, 3.8) is 0 Å². The Bertz CT molecular complexity index is 1610. The Morgan fingerprint density at radius 3 is 2.69 bits per heavy atom. The number of fused-ring (bicyclic) bond motifs is 2. The molecule has 0 atom stereocenters. The van der Waals surface area contributed by atoms with Crippen molar-refractivity contribution in [2.75, 3.05) is 6.61 Å². The number of aromatic amines is 1. The van der Waals surface area contributed by atoms with Crippen molar-refractivity contribution in [2.45, 2.75) is 6.92 Å². The van der Waals surface area contributed by atoms with Crippen LogP contribution in [-0.4, -0.2) is 33.5 Å². The van der Waals surface area contributed by atoms with E-state index < -0.39 is 5.91 Å². The van der Waals surface area contributed by atoms with Crippen molar-refractivity contribution in [1.29, 1.82) is 0 Å². The molecule has 5 rings (SSSR count). The molecule has 0 spiro atoms. The lowest BCUT2D eigenvalue weighted by Gasteiger charge is -2.11. The van der Waals surface area contributed by atoms with E-state index in [0.717, 1.165) is 16.3 Å². The van der Waals surface area contributed by atoms with E-state index in [0.29, 0.717) is 33.1 Å². The molecule has 0 radical (unpaired) electrons. The number of Topliss-reactive ketones (excluding diaryl/α,β-unsaturated/α-hetero) is 1. The van der Waals surface area contributed by atoms with Crippen LogP contribution in [0.4, 0.5) is 0 Å². The van der Waals surface area contributed by atoms with Gasteiger partial charge in [-0.05, 0) is 60.2 Å². The Morgan fingerprint density at radius 1 is 1.03 bits per heavy atom. The zero-order chi connectivity index (χ0) is 24.5. The van der Waals surface area contributed by atoms with Gasteiger partial charge in [0.25, 0.3) is 5.91 Å². The second-order valence-electron chi connectivity index (χ2n) is 7.95. The van der Waals surface area contributed by atoms with Crippen LogP contribution in [0.3, 0.4) is 0 Å². The van der Waals surface area contributed by atoms with Gasteiger partial charge in [-0.25, -0.2) is 0 Å². The quantitative estimate of drug-likeness (QED) is 0.304. The van der Waals surface area contributed by atoms with E-state index in [1.807, 2.05) is 6.92 Å². The molecule has 0 aliphatic rings. The van der Waals surface area contributed by atoms with E-state index in [1.54, 1.807) is 67.0 Å². The van der Waals surface area contributed by atoms with E-state index in [2.05, 4.69) is 15.2 Å². The summed E-state index contributed by atoms with van der Waals surface area (Å²) in [6.45, 7) is 1.60. The van der Waals surface area contributed by atoms with Crippen LogP contribution in [0.25, 0.3) is 21.7 Å². The van der Waals surface area contributed by atoms with E-state index in [-0.39, 0.29) is 23.7 Å². The topological polar surface area (TPSA) is 120 Å². The first kappa shape index (κ1) is 22.4. The van der Waals surface area contributed by atoms with Gasteiger partial charge in [-0.1, -0.05) is 17.7 Å². The molecule has 2 heterocycles. The van der Waals surface area contributed by atoms with Crippen LogP contribution in [0.15, 0.2) is 67.0 Å². The Hall–Kier alpha value is -4.43. The summed E-state index contributed by atoms with van der Waals surface area (Å²) in [5.41, 5.74) is 7.73. The Morgan fingerprint density at radius 2 is 1.89 bits per heavy atom. The molecule has 0 saturated carbocycles. The summed E-state index contributed by atoms with van der Waals surface area (Å²) in [4.78, 5) is 28.0. The van der Waals surface area contributed by atoms with Crippen molar-refractivity contribution in [1.82, 2.24) is 15.2 Å². The molecule has 5 aromatic rings. The summed E-state index contributed by atoms with van der Waals surface area (Å²) in [6, 6.07) is 15.7. The lowest BCUT2D eigenvalue weighted by Crippen LogP contribution is -2.16. The molecule has 2 aromatic heterocycles. The third-order valence-electron chi connectivity index (χ3n) is 5.57. The first-order valence-electron chi connectivity index (χ1n) is 10.7. The summed E-state index contributed by atoms with van der Waals surface area (Å²) in [5.74, 6) is 0.274. The monoisotopic (exact) mass is 486 g/mol. The minimum atomic E-state index is -0.660. The number of aryl methyl sites for hydroxylation is 1. The van der Waals surface area contributed by atoms with E-state index in [1.165, 1.54) is 0 Å². The first-order valence-corrected chi connectivity index (χ1v) is 11.0. The van der Waals surface area contributed by atoms with Crippen molar-refractivity contribution in [3.8, 4) is 17.4 Å². The number of nitrogens with one attached hydrogen (secondary N) is 1. The molecule has 3 N–H and O–H groups in total. The second-order valence-corrected chi connectivity index (χ2v) is 8.38. The molecule has 0 aliphatic heterocycles. The van der Waals surface area contributed by atoms with Gasteiger partial charge in [-0.2, -0.15) is 5.10 Å². The molecule has 1 amide bonds. The van der Waals surface area contributed by atoms with Gasteiger partial charge in [0, 0.05) is 39.3 Å². The van der Waals surface area contributed by atoms with Crippen LogP contribution >= 0.6 is 11.6 Å². The zero-order valence-electron chi connectivity index (χ0n) is 18.5. The number of hydrogen-bond donors (Lipinski definition) is 2. The molecule has 0 saturated heterocycles. The predicted octanol–water partition coefficient (Wildman–Crippen LogP) is 5.23. The predicted molar refractivity (Wildman–Crippen MR) is 132 cm³/mol. The van der Waals surface area contributed by atoms with Crippen LogP contribution in [0.2, 0.25) is 5.02 Å². The van der Waals surface area contributed by atoms with Crippen molar-refractivity contribution < 1.29 is 19.1 Å². The summed E-state index contributed by atoms with van der Waals surface area (Å²) in [7, 11) is 0. The number of ether oxygens (including phenoxy) is 2. The molecule has 174 valence electrons. The standard InChI is InChI=1S/C26H19ClN4O4/c1-14-6-7-30-31-26(14)35-18-4-5-19-21(12-29-22(19)11-18)23(32)13-34-24-10-15-2-3-17(27)8-16(15)9-20(24)25(28)33/h2-12,29H,13H2,1H3,(H2,28,33).